The van der Waals surface area contributed by atoms with E-state index in [0.717, 1.165) is 12.0 Å². The Balaban J connectivity index is 2.35. The molecule has 20 heavy (non-hydrogen) atoms. The van der Waals surface area contributed by atoms with Gasteiger partial charge in [-0.3, -0.25) is 0 Å². The maximum absolute atomic E-state index is 12.8. The van der Waals surface area contributed by atoms with E-state index < -0.39 is 10.0 Å². The molecule has 1 fully saturated rings. The lowest BCUT2D eigenvalue weighted by Gasteiger charge is -2.34. The molecule has 0 spiro atoms. The average molecular weight is 361 g/mol. The Labute approximate surface area is 129 Å². The minimum atomic E-state index is -3.44. The Morgan fingerprint density at radius 1 is 1.30 bits per heavy atom. The predicted octanol–water partition coefficient (Wildman–Crippen LogP) is 2.57. The first kappa shape index (κ1) is 15.9. The summed E-state index contributed by atoms with van der Waals surface area (Å²) in [5.41, 5.74) is 6.49. The Morgan fingerprint density at radius 2 is 1.90 bits per heavy atom. The van der Waals surface area contributed by atoms with Crippen molar-refractivity contribution in [2.24, 2.45) is 17.6 Å². The highest BCUT2D eigenvalue weighted by molar-refractivity contribution is 9.10. The third-order valence-corrected chi connectivity index (χ3v) is 6.49. The summed E-state index contributed by atoms with van der Waals surface area (Å²) in [4.78, 5) is 0.330. The van der Waals surface area contributed by atoms with E-state index >= 15 is 0 Å². The van der Waals surface area contributed by atoms with Crippen LogP contribution in [0.3, 0.4) is 0 Å². The van der Waals surface area contributed by atoms with Gasteiger partial charge in [0.25, 0.3) is 0 Å². The molecule has 0 aliphatic carbocycles. The monoisotopic (exact) mass is 360 g/mol. The zero-order valence-electron chi connectivity index (χ0n) is 11.8. The van der Waals surface area contributed by atoms with Crippen molar-refractivity contribution in [1.29, 1.82) is 0 Å². The number of piperidine rings is 1. The summed E-state index contributed by atoms with van der Waals surface area (Å²) in [5.74, 6) is 0.797. The van der Waals surface area contributed by atoms with Crippen molar-refractivity contribution in [3.05, 3.63) is 28.2 Å². The Kier molecular flexibility index (Phi) is 4.89. The highest BCUT2D eigenvalue weighted by Crippen LogP contribution is 2.30. The van der Waals surface area contributed by atoms with Gasteiger partial charge in [-0.1, -0.05) is 19.9 Å². The lowest BCUT2D eigenvalue weighted by molar-refractivity contribution is 0.222. The molecule has 2 N–H and O–H groups in total. The Hall–Kier alpha value is -0.430. The smallest absolute Gasteiger partial charge is 0.244 e. The van der Waals surface area contributed by atoms with Crippen molar-refractivity contribution in [1.82, 2.24) is 4.31 Å². The van der Waals surface area contributed by atoms with E-state index in [0.29, 0.717) is 40.8 Å². The van der Waals surface area contributed by atoms with Gasteiger partial charge in [0.1, 0.15) is 0 Å². The molecule has 0 bridgehead atoms. The van der Waals surface area contributed by atoms with Crippen LogP contribution in [0.15, 0.2) is 27.6 Å². The van der Waals surface area contributed by atoms with E-state index in [9.17, 15) is 8.42 Å². The van der Waals surface area contributed by atoms with Crippen LogP contribution < -0.4 is 5.73 Å². The standard InChI is InChI=1S/C14H21BrN2O2S/c1-10-5-11(2)9-17(8-10)20(18,19)14-4-3-12(7-16)6-13(14)15/h3-4,6,10-11H,5,7-9,16H2,1-2H3. The van der Waals surface area contributed by atoms with Gasteiger partial charge in [-0.15, -0.1) is 0 Å². The summed E-state index contributed by atoms with van der Waals surface area (Å²) >= 11 is 3.36. The summed E-state index contributed by atoms with van der Waals surface area (Å²) in [6, 6.07) is 5.20. The Bertz CT molecular complexity index is 579. The minimum absolute atomic E-state index is 0.330. The van der Waals surface area contributed by atoms with Crippen molar-refractivity contribution >= 4 is 26.0 Å². The van der Waals surface area contributed by atoms with Gasteiger partial charge in [0, 0.05) is 24.1 Å². The molecule has 112 valence electrons. The topological polar surface area (TPSA) is 63.4 Å². The maximum atomic E-state index is 12.8. The lowest BCUT2D eigenvalue weighted by Crippen LogP contribution is -2.42. The van der Waals surface area contributed by atoms with Gasteiger partial charge in [0.05, 0.1) is 4.90 Å². The van der Waals surface area contributed by atoms with Gasteiger partial charge in [0.15, 0.2) is 0 Å². The molecule has 2 rings (SSSR count). The SMILES string of the molecule is CC1CC(C)CN(S(=O)(=O)c2ccc(CN)cc2Br)C1. The predicted molar refractivity (Wildman–Crippen MR) is 83.7 cm³/mol. The third kappa shape index (κ3) is 3.24. The molecule has 6 heteroatoms. The van der Waals surface area contributed by atoms with Crippen molar-refractivity contribution < 1.29 is 8.42 Å². The third-order valence-electron chi connectivity index (χ3n) is 3.69. The van der Waals surface area contributed by atoms with E-state index in [-0.39, 0.29) is 0 Å². The normalized spacial score (nSPS) is 24.8. The fraction of sp³-hybridized carbons (Fsp3) is 0.571. The van der Waals surface area contributed by atoms with Crippen LogP contribution in [0.1, 0.15) is 25.8 Å². The van der Waals surface area contributed by atoms with Crippen LogP contribution >= 0.6 is 15.9 Å². The van der Waals surface area contributed by atoms with Gasteiger partial charge >= 0.3 is 0 Å². The number of sulfonamides is 1. The molecule has 1 aliphatic heterocycles. The zero-order chi connectivity index (χ0) is 14.9. The van der Waals surface area contributed by atoms with E-state index in [1.807, 2.05) is 0 Å². The van der Waals surface area contributed by atoms with Crippen molar-refractivity contribution in [3.8, 4) is 0 Å². The summed E-state index contributed by atoms with van der Waals surface area (Å²) in [5, 5.41) is 0. The summed E-state index contributed by atoms with van der Waals surface area (Å²) in [6.07, 6.45) is 1.08. The molecule has 2 unspecified atom stereocenters. The first-order valence-electron chi connectivity index (χ1n) is 6.83. The summed E-state index contributed by atoms with van der Waals surface area (Å²) in [6.45, 7) is 5.79. The van der Waals surface area contributed by atoms with Crippen molar-refractivity contribution in [2.45, 2.75) is 31.7 Å². The van der Waals surface area contributed by atoms with Crippen LogP contribution in [0.25, 0.3) is 0 Å². The molecule has 4 nitrogen and oxygen atoms in total. The number of hydrogen-bond donors (Lipinski definition) is 1. The molecule has 0 aromatic heterocycles. The second-order valence-electron chi connectivity index (χ2n) is 5.74. The molecular weight excluding hydrogens is 340 g/mol. The van der Waals surface area contributed by atoms with Crippen LogP contribution in [0.4, 0.5) is 0 Å². The van der Waals surface area contributed by atoms with E-state index in [1.165, 1.54) is 0 Å². The van der Waals surface area contributed by atoms with Crippen LogP contribution in [0, 0.1) is 11.8 Å². The summed E-state index contributed by atoms with van der Waals surface area (Å²) in [7, 11) is -3.44. The first-order chi connectivity index (χ1) is 9.34. The second kappa shape index (κ2) is 6.13. The highest BCUT2D eigenvalue weighted by Gasteiger charge is 2.32. The second-order valence-corrected chi connectivity index (χ2v) is 8.50. The molecule has 1 aromatic carbocycles. The zero-order valence-corrected chi connectivity index (χ0v) is 14.2. The molecule has 2 atom stereocenters. The number of rotatable bonds is 3. The van der Waals surface area contributed by atoms with Crippen LogP contribution in [0.2, 0.25) is 0 Å². The Morgan fingerprint density at radius 3 is 2.40 bits per heavy atom. The van der Waals surface area contributed by atoms with Gasteiger partial charge in [0.2, 0.25) is 10.0 Å². The van der Waals surface area contributed by atoms with Gasteiger partial charge in [-0.05, 0) is 51.9 Å². The average Bonchev–Trinajstić information content (AvgIpc) is 2.37. The van der Waals surface area contributed by atoms with E-state index in [1.54, 1.807) is 22.5 Å². The number of nitrogens with zero attached hydrogens (tertiary/aromatic N) is 1. The van der Waals surface area contributed by atoms with Crippen LogP contribution in [-0.2, 0) is 16.6 Å². The van der Waals surface area contributed by atoms with Crippen molar-refractivity contribution in [2.75, 3.05) is 13.1 Å². The fourth-order valence-corrected chi connectivity index (χ4v) is 5.59. The molecular formula is C14H21BrN2O2S. The lowest BCUT2D eigenvalue weighted by atomic mass is 9.94. The minimum Gasteiger partial charge on any atom is -0.326 e. The number of halogens is 1. The number of hydrogen-bond acceptors (Lipinski definition) is 3. The van der Waals surface area contributed by atoms with Crippen LogP contribution in [-0.4, -0.2) is 25.8 Å². The van der Waals surface area contributed by atoms with E-state index in [4.69, 9.17) is 5.73 Å². The largest absolute Gasteiger partial charge is 0.326 e. The van der Waals surface area contributed by atoms with Crippen LogP contribution in [0.5, 0.6) is 0 Å². The number of benzene rings is 1. The quantitative estimate of drug-likeness (QED) is 0.900. The van der Waals surface area contributed by atoms with Crippen molar-refractivity contribution in [3.63, 3.8) is 0 Å². The molecule has 1 heterocycles. The van der Waals surface area contributed by atoms with Gasteiger partial charge in [-0.25, -0.2) is 8.42 Å². The molecule has 1 saturated heterocycles. The molecule has 1 aliphatic rings. The fourth-order valence-electron chi connectivity index (χ4n) is 2.82. The van der Waals surface area contributed by atoms with Gasteiger partial charge < -0.3 is 5.73 Å². The molecule has 1 aromatic rings. The molecule has 0 radical (unpaired) electrons. The molecule has 0 saturated carbocycles. The first-order valence-corrected chi connectivity index (χ1v) is 9.06. The van der Waals surface area contributed by atoms with Gasteiger partial charge in [-0.2, -0.15) is 4.31 Å². The molecule has 0 amide bonds. The highest BCUT2D eigenvalue weighted by atomic mass is 79.9. The maximum Gasteiger partial charge on any atom is 0.244 e. The summed E-state index contributed by atoms with van der Waals surface area (Å²) < 4.78 is 27.7. The number of nitrogens with two attached hydrogens (primary N) is 1. The van der Waals surface area contributed by atoms with E-state index in [2.05, 4.69) is 29.8 Å².